The van der Waals surface area contributed by atoms with Crippen LogP contribution in [0.1, 0.15) is 59.0 Å². The highest BCUT2D eigenvalue weighted by Crippen LogP contribution is 2.42. The monoisotopic (exact) mass is 533 g/mol. The molecule has 3 heterocycles. The maximum atomic E-state index is 13.7. The number of carbonyl (C=O) groups is 2. The van der Waals surface area contributed by atoms with E-state index in [9.17, 15) is 35.9 Å². The van der Waals surface area contributed by atoms with Crippen molar-refractivity contribution >= 4 is 23.3 Å². The van der Waals surface area contributed by atoms with Crippen molar-refractivity contribution in [1.82, 2.24) is 14.7 Å². The Balaban J connectivity index is 1.68. The Hall–Kier alpha value is -2.76. The first kappa shape index (κ1) is 26.3. The summed E-state index contributed by atoms with van der Waals surface area (Å²) in [6.07, 6.45) is -9.03. The van der Waals surface area contributed by atoms with Crippen LogP contribution in [-0.2, 0) is 17.1 Å². The van der Waals surface area contributed by atoms with Gasteiger partial charge in [-0.2, -0.15) is 26.3 Å². The molecule has 2 fully saturated rings. The van der Waals surface area contributed by atoms with Gasteiger partial charge in [0.25, 0.3) is 0 Å². The Labute approximate surface area is 208 Å². The second-order valence-electron chi connectivity index (χ2n) is 9.21. The number of rotatable bonds is 3. The van der Waals surface area contributed by atoms with Crippen molar-refractivity contribution in [2.75, 3.05) is 20.1 Å². The van der Waals surface area contributed by atoms with Gasteiger partial charge in [-0.25, -0.2) is 4.79 Å². The standard InChI is InChI=1S/C24H25F6N3O2S/c1-13-6-9-36-21(13)20-18-4-5-19(34)32(18)7-8-33(20)22(35)31(3)14(2)15-10-16(23(25,26)27)12-17(11-15)24(28,29)30/h6,9-12,14,18,20H,4-5,7-8H2,1-3H3. The number of piperazine rings is 1. The van der Waals surface area contributed by atoms with E-state index in [2.05, 4.69) is 0 Å². The van der Waals surface area contributed by atoms with Crippen LogP contribution in [0.2, 0.25) is 0 Å². The van der Waals surface area contributed by atoms with E-state index in [1.165, 1.54) is 25.3 Å². The van der Waals surface area contributed by atoms with Crippen LogP contribution in [0.15, 0.2) is 29.6 Å². The van der Waals surface area contributed by atoms with Crippen LogP contribution in [-0.4, -0.2) is 52.8 Å². The summed E-state index contributed by atoms with van der Waals surface area (Å²) in [5, 5.41) is 1.89. The SMILES string of the molecule is Cc1ccsc1C1C2CCC(=O)N2CCN1C(=O)N(C)C(C)c1cc(C(F)(F)F)cc(C(F)(F)F)c1. The number of fused-ring (bicyclic) bond motifs is 1. The summed E-state index contributed by atoms with van der Waals surface area (Å²) in [5.41, 5.74) is -2.17. The van der Waals surface area contributed by atoms with Gasteiger partial charge >= 0.3 is 18.4 Å². The highest BCUT2D eigenvalue weighted by molar-refractivity contribution is 7.10. The van der Waals surface area contributed by atoms with Gasteiger partial charge in [0.15, 0.2) is 0 Å². The van der Waals surface area contributed by atoms with Crippen LogP contribution in [0.3, 0.4) is 0 Å². The molecule has 12 heteroatoms. The summed E-state index contributed by atoms with van der Waals surface area (Å²) >= 11 is 1.45. The number of hydrogen-bond acceptors (Lipinski definition) is 3. The first-order valence-corrected chi connectivity index (χ1v) is 12.2. The maximum Gasteiger partial charge on any atom is 0.416 e. The molecule has 2 aliphatic rings. The zero-order valence-corrected chi connectivity index (χ0v) is 20.6. The smallest absolute Gasteiger partial charge is 0.335 e. The van der Waals surface area contributed by atoms with Gasteiger partial charge in [-0.1, -0.05) is 0 Å². The molecule has 1 aromatic carbocycles. The van der Waals surface area contributed by atoms with Gasteiger partial charge in [-0.05, 0) is 61.0 Å². The Morgan fingerprint density at radius 3 is 2.22 bits per heavy atom. The van der Waals surface area contributed by atoms with Gasteiger partial charge in [0.1, 0.15) is 0 Å². The van der Waals surface area contributed by atoms with E-state index in [0.717, 1.165) is 15.3 Å². The van der Waals surface area contributed by atoms with Gasteiger partial charge in [-0.15, -0.1) is 11.3 Å². The first-order chi connectivity index (χ1) is 16.7. The Morgan fingerprint density at radius 2 is 1.69 bits per heavy atom. The molecule has 4 rings (SSSR count). The largest absolute Gasteiger partial charge is 0.416 e. The van der Waals surface area contributed by atoms with Crippen LogP contribution in [0.4, 0.5) is 31.1 Å². The van der Waals surface area contributed by atoms with Gasteiger partial charge in [0.2, 0.25) is 5.91 Å². The fourth-order valence-corrected chi connectivity index (χ4v) is 6.06. The lowest BCUT2D eigenvalue weighted by Crippen LogP contribution is -2.57. The molecule has 0 radical (unpaired) electrons. The van der Waals surface area contributed by atoms with Crippen molar-refractivity contribution in [3.8, 4) is 0 Å². The molecule has 3 unspecified atom stereocenters. The highest BCUT2D eigenvalue weighted by atomic mass is 32.1. The summed E-state index contributed by atoms with van der Waals surface area (Å²) in [6.45, 7) is 3.82. The quantitative estimate of drug-likeness (QED) is 0.438. The molecule has 5 nitrogen and oxygen atoms in total. The zero-order chi connectivity index (χ0) is 26.6. The fourth-order valence-electron chi connectivity index (χ4n) is 4.97. The molecule has 3 atom stereocenters. The average molecular weight is 534 g/mol. The third kappa shape index (κ3) is 4.79. The molecule has 2 aliphatic heterocycles. The van der Waals surface area contributed by atoms with Crippen molar-refractivity contribution in [2.24, 2.45) is 0 Å². The number of benzene rings is 1. The van der Waals surface area contributed by atoms with E-state index in [0.29, 0.717) is 31.5 Å². The lowest BCUT2D eigenvalue weighted by atomic mass is 9.97. The minimum absolute atomic E-state index is 0.0108. The molecular formula is C24H25F6N3O2S. The van der Waals surface area contributed by atoms with Crippen LogP contribution in [0.5, 0.6) is 0 Å². The van der Waals surface area contributed by atoms with Crippen LogP contribution >= 0.6 is 11.3 Å². The van der Waals surface area contributed by atoms with Crippen LogP contribution in [0, 0.1) is 6.92 Å². The summed E-state index contributed by atoms with van der Waals surface area (Å²) in [6, 6.07) is 1.01. The number of halogens is 6. The average Bonchev–Trinajstić information content (AvgIpc) is 3.40. The number of carbonyl (C=O) groups excluding carboxylic acids is 2. The molecule has 1 aromatic heterocycles. The molecule has 2 saturated heterocycles. The minimum atomic E-state index is -4.98. The van der Waals surface area contributed by atoms with Gasteiger partial charge in [-0.3, -0.25) is 4.79 Å². The molecule has 3 amide bonds. The normalized spacial score (nSPS) is 21.5. The third-order valence-corrected chi connectivity index (χ3v) is 8.14. The molecule has 0 N–H and O–H groups in total. The second kappa shape index (κ2) is 9.28. The molecule has 0 bridgehead atoms. The Kier molecular flexibility index (Phi) is 6.78. The second-order valence-corrected chi connectivity index (χ2v) is 10.2. The summed E-state index contributed by atoms with van der Waals surface area (Å²) in [5.74, 6) is 0.0108. The number of aryl methyl sites for hydroxylation is 1. The van der Waals surface area contributed by atoms with Gasteiger partial charge < -0.3 is 14.7 Å². The van der Waals surface area contributed by atoms with Crippen molar-refractivity contribution in [2.45, 2.75) is 57.2 Å². The zero-order valence-electron chi connectivity index (χ0n) is 19.8. The van der Waals surface area contributed by atoms with Crippen molar-refractivity contribution in [3.63, 3.8) is 0 Å². The number of alkyl halides is 6. The third-order valence-electron chi connectivity index (χ3n) is 7.05. The Morgan fingerprint density at radius 1 is 1.08 bits per heavy atom. The van der Waals surface area contributed by atoms with E-state index in [4.69, 9.17) is 0 Å². The molecule has 2 aromatic rings. The van der Waals surface area contributed by atoms with Gasteiger partial charge in [0.05, 0.1) is 29.3 Å². The van der Waals surface area contributed by atoms with E-state index in [1.54, 1.807) is 9.80 Å². The molecular weight excluding hydrogens is 508 g/mol. The van der Waals surface area contributed by atoms with Crippen LogP contribution in [0.25, 0.3) is 0 Å². The molecule has 36 heavy (non-hydrogen) atoms. The number of urea groups is 1. The van der Waals surface area contributed by atoms with Crippen molar-refractivity contribution in [1.29, 1.82) is 0 Å². The predicted octanol–water partition coefficient (Wildman–Crippen LogP) is 6.25. The summed E-state index contributed by atoms with van der Waals surface area (Å²) < 4.78 is 80.2. The highest BCUT2D eigenvalue weighted by Gasteiger charge is 2.47. The molecule has 0 saturated carbocycles. The first-order valence-electron chi connectivity index (χ1n) is 11.4. The van der Waals surface area contributed by atoms with E-state index < -0.39 is 41.6 Å². The van der Waals surface area contributed by atoms with E-state index in [-0.39, 0.29) is 30.1 Å². The minimum Gasteiger partial charge on any atom is -0.335 e. The fraction of sp³-hybridized carbons (Fsp3) is 0.500. The lowest BCUT2D eigenvalue weighted by Gasteiger charge is -2.46. The summed E-state index contributed by atoms with van der Waals surface area (Å²) in [4.78, 5) is 31.5. The van der Waals surface area contributed by atoms with E-state index >= 15 is 0 Å². The predicted molar refractivity (Wildman–Crippen MR) is 121 cm³/mol. The number of nitrogens with zero attached hydrogens (tertiary/aromatic N) is 3. The molecule has 196 valence electrons. The maximum absolute atomic E-state index is 13.7. The van der Waals surface area contributed by atoms with Crippen molar-refractivity contribution in [3.05, 3.63) is 56.8 Å². The molecule has 0 aliphatic carbocycles. The lowest BCUT2D eigenvalue weighted by molar-refractivity contribution is -0.143. The van der Waals surface area contributed by atoms with Crippen molar-refractivity contribution < 1.29 is 35.9 Å². The van der Waals surface area contributed by atoms with Gasteiger partial charge in [0, 0.05) is 31.4 Å². The number of amides is 3. The number of hydrogen-bond donors (Lipinski definition) is 0. The topological polar surface area (TPSA) is 43.9 Å². The Bertz CT molecular complexity index is 1130. The van der Waals surface area contributed by atoms with E-state index in [1.807, 2.05) is 18.4 Å². The summed E-state index contributed by atoms with van der Waals surface area (Å²) in [7, 11) is 1.37. The van der Waals surface area contributed by atoms with Crippen LogP contribution < -0.4 is 0 Å². The number of thiophene rings is 1. The molecule has 0 spiro atoms.